The Morgan fingerprint density at radius 2 is 1.87 bits per heavy atom. The van der Waals surface area contributed by atoms with Crippen LogP contribution >= 0.6 is 0 Å². The summed E-state index contributed by atoms with van der Waals surface area (Å²) in [5.41, 5.74) is 4.21. The fourth-order valence-corrected chi connectivity index (χ4v) is 3.97. The average molecular weight is 434 g/mol. The molecule has 0 bridgehead atoms. The van der Waals surface area contributed by atoms with Crippen molar-refractivity contribution in [2.75, 3.05) is 53.5 Å². The van der Waals surface area contributed by atoms with Crippen molar-refractivity contribution in [3.63, 3.8) is 0 Å². The summed E-state index contributed by atoms with van der Waals surface area (Å²) in [7, 11) is 3.92. The summed E-state index contributed by atoms with van der Waals surface area (Å²) < 4.78 is 5.06. The van der Waals surface area contributed by atoms with Gasteiger partial charge in [-0.3, -0.25) is 4.79 Å². The summed E-state index contributed by atoms with van der Waals surface area (Å²) in [6.45, 7) is 10.2. The molecule has 5 nitrogen and oxygen atoms in total. The summed E-state index contributed by atoms with van der Waals surface area (Å²) in [4.78, 5) is 14.6. The standard InChI is InChI=1S/C26H47N3O2/c1-5-23-13-7-8-14-25(23)24(6-2)15-16-26(30)28-19-12-21-29(3)20-11-18-27-17-9-10-22-31-4/h6,8,14,27H,5,7,9-13,15-22H2,1-4H3,(H,28,30)/b24-6-. The van der Waals surface area contributed by atoms with E-state index in [2.05, 4.69) is 54.7 Å². The molecule has 0 radical (unpaired) electrons. The first-order valence-corrected chi connectivity index (χ1v) is 12.3. The fraction of sp³-hybridized carbons (Fsp3) is 0.731. The highest BCUT2D eigenvalue weighted by Gasteiger charge is 2.12. The van der Waals surface area contributed by atoms with Gasteiger partial charge in [-0.05, 0) is 103 Å². The van der Waals surface area contributed by atoms with Gasteiger partial charge in [0.15, 0.2) is 0 Å². The minimum atomic E-state index is 0.165. The second-order valence-corrected chi connectivity index (χ2v) is 8.44. The van der Waals surface area contributed by atoms with Crippen molar-refractivity contribution >= 4 is 5.91 Å². The molecule has 0 spiro atoms. The Balaban J connectivity index is 2.10. The quantitative estimate of drug-likeness (QED) is 0.310. The van der Waals surface area contributed by atoms with Crippen molar-refractivity contribution in [3.8, 4) is 0 Å². The smallest absolute Gasteiger partial charge is 0.220 e. The summed E-state index contributed by atoms with van der Waals surface area (Å²) in [6, 6.07) is 0. The Morgan fingerprint density at radius 1 is 1.13 bits per heavy atom. The zero-order chi connectivity index (χ0) is 22.7. The average Bonchev–Trinajstić information content (AvgIpc) is 2.79. The van der Waals surface area contributed by atoms with Crippen LogP contribution in [0.2, 0.25) is 0 Å². The van der Waals surface area contributed by atoms with E-state index in [1.165, 1.54) is 23.1 Å². The van der Waals surface area contributed by atoms with Crippen molar-refractivity contribution in [1.29, 1.82) is 0 Å². The first-order chi connectivity index (χ1) is 15.1. The van der Waals surface area contributed by atoms with Crippen LogP contribution in [-0.2, 0) is 9.53 Å². The summed E-state index contributed by atoms with van der Waals surface area (Å²) in [5, 5.41) is 6.59. The molecule has 1 rings (SSSR count). The highest BCUT2D eigenvalue weighted by molar-refractivity contribution is 5.76. The molecule has 0 fully saturated rings. The highest BCUT2D eigenvalue weighted by Crippen LogP contribution is 2.29. The van der Waals surface area contributed by atoms with E-state index in [-0.39, 0.29) is 5.91 Å². The molecule has 0 atom stereocenters. The van der Waals surface area contributed by atoms with Gasteiger partial charge in [0, 0.05) is 26.7 Å². The molecule has 2 N–H and O–H groups in total. The van der Waals surface area contributed by atoms with Crippen LogP contribution in [-0.4, -0.2) is 64.3 Å². The number of hydrogen-bond acceptors (Lipinski definition) is 4. The minimum Gasteiger partial charge on any atom is -0.385 e. The predicted molar refractivity (Wildman–Crippen MR) is 132 cm³/mol. The van der Waals surface area contributed by atoms with Crippen molar-refractivity contribution < 1.29 is 9.53 Å². The topological polar surface area (TPSA) is 53.6 Å². The molecule has 1 amide bonds. The number of carbonyl (C=O) groups is 1. The van der Waals surface area contributed by atoms with Crippen molar-refractivity contribution in [1.82, 2.24) is 15.5 Å². The maximum absolute atomic E-state index is 12.3. The molecule has 0 heterocycles. The molecule has 0 saturated heterocycles. The number of allylic oxidation sites excluding steroid dienone is 6. The second kappa shape index (κ2) is 18.2. The number of methoxy groups -OCH3 is 1. The molecule has 0 aliphatic heterocycles. The Kier molecular flexibility index (Phi) is 16.2. The molecule has 0 aromatic heterocycles. The Labute approximate surface area is 191 Å². The molecule has 0 saturated carbocycles. The molecular weight excluding hydrogens is 386 g/mol. The van der Waals surface area contributed by atoms with Crippen LogP contribution in [0, 0.1) is 0 Å². The first kappa shape index (κ1) is 27.6. The van der Waals surface area contributed by atoms with E-state index < -0.39 is 0 Å². The number of nitrogens with one attached hydrogen (secondary N) is 2. The number of nitrogens with zero attached hydrogens (tertiary/aromatic N) is 1. The Hall–Kier alpha value is -1.43. The van der Waals surface area contributed by atoms with Crippen LogP contribution in [0.1, 0.15) is 71.6 Å². The lowest BCUT2D eigenvalue weighted by atomic mass is 9.88. The highest BCUT2D eigenvalue weighted by atomic mass is 16.5. The maximum Gasteiger partial charge on any atom is 0.220 e. The molecule has 0 aromatic rings. The van der Waals surface area contributed by atoms with Gasteiger partial charge < -0.3 is 20.3 Å². The van der Waals surface area contributed by atoms with Crippen molar-refractivity contribution in [2.24, 2.45) is 0 Å². The third-order valence-corrected chi connectivity index (χ3v) is 5.90. The summed E-state index contributed by atoms with van der Waals surface area (Å²) >= 11 is 0. The fourth-order valence-electron chi connectivity index (χ4n) is 3.97. The van der Waals surface area contributed by atoms with E-state index in [9.17, 15) is 4.79 Å². The summed E-state index contributed by atoms with van der Waals surface area (Å²) in [5.74, 6) is 0.165. The van der Waals surface area contributed by atoms with E-state index in [1.54, 1.807) is 7.11 Å². The monoisotopic (exact) mass is 433 g/mol. The lowest BCUT2D eigenvalue weighted by Crippen LogP contribution is -2.29. The van der Waals surface area contributed by atoms with Gasteiger partial charge in [-0.2, -0.15) is 0 Å². The first-order valence-electron chi connectivity index (χ1n) is 12.3. The lowest BCUT2D eigenvalue weighted by molar-refractivity contribution is -0.121. The number of rotatable bonds is 18. The van der Waals surface area contributed by atoms with Crippen LogP contribution in [0.15, 0.2) is 34.9 Å². The molecule has 5 heteroatoms. The van der Waals surface area contributed by atoms with E-state index in [0.29, 0.717) is 6.42 Å². The molecule has 1 aliphatic rings. The second-order valence-electron chi connectivity index (χ2n) is 8.44. The molecule has 0 unspecified atom stereocenters. The van der Waals surface area contributed by atoms with Crippen molar-refractivity contribution in [3.05, 3.63) is 34.9 Å². The molecule has 0 aromatic carbocycles. The molecule has 1 aliphatic carbocycles. The van der Waals surface area contributed by atoms with Gasteiger partial charge in [-0.1, -0.05) is 30.7 Å². The van der Waals surface area contributed by atoms with Crippen LogP contribution in [0.3, 0.4) is 0 Å². The largest absolute Gasteiger partial charge is 0.385 e. The number of amides is 1. The SMILES string of the molecule is C/C=C(/CCC(=O)NCCCN(C)CCCNCCCCOC)C1=C(CC)CCC=C1. The van der Waals surface area contributed by atoms with Crippen LogP contribution in [0.25, 0.3) is 0 Å². The van der Waals surface area contributed by atoms with Crippen LogP contribution < -0.4 is 10.6 Å². The zero-order valence-electron chi connectivity index (χ0n) is 20.6. The number of hydrogen-bond donors (Lipinski definition) is 2. The minimum absolute atomic E-state index is 0.165. The van der Waals surface area contributed by atoms with Crippen LogP contribution in [0.5, 0.6) is 0 Å². The van der Waals surface area contributed by atoms with Gasteiger partial charge in [-0.25, -0.2) is 0 Å². The van der Waals surface area contributed by atoms with Crippen LogP contribution in [0.4, 0.5) is 0 Å². The van der Waals surface area contributed by atoms with Crippen molar-refractivity contribution in [2.45, 2.75) is 71.6 Å². The lowest BCUT2D eigenvalue weighted by Gasteiger charge is -2.18. The molecule has 178 valence electrons. The van der Waals surface area contributed by atoms with Gasteiger partial charge in [0.2, 0.25) is 5.91 Å². The van der Waals surface area contributed by atoms with Gasteiger partial charge in [0.05, 0.1) is 0 Å². The number of ether oxygens (including phenoxy) is 1. The zero-order valence-corrected chi connectivity index (χ0v) is 20.6. The van der Waals surface area contributed by atoms with Gasteiger partial charge in [0.1, 0.15) is 0 Å². The number of unbranched alkanes of at least 4 members (excludes halogenated alkanes) is 1. The van der Waals surface area contributed by atoms with Gasteiger partial charge >= 0.3 is 0 Å². The molecular formula is C26H47N3O2. The normalized spacial score (nSPS) is 14.5. The third-order valence-electron chi connectivity index (χ3n) is 5.90. The maximum atomic E-state index is 12.3. The molecule has 31 heavy (non-hydrogen) atoms. The van der Waals surface area contributed by atoms with Gasteiger partial charge in [0.25, 0.3) is 0 Å². The summed E-state index contributed by atoms with van der Waals surface area (Å²) in [6.07, 6.45) is 15.9. The van der Waals surface area contributed by atoms with Gasteiger partial charge in [-0.15, -0.1) is 0 Å². The van der Waals surface area contributed by atoms with E-state index >= 15 is 0 Å². The number of carbonyl (C=O) groups excluding carboxylic acids is 1. The van der Waals surface area contributed by atoms with E-state index in [4.69, 9.17) is 4.74 Å². The van der Waals surface area contributed by atoms with E-state index in [0.717, 1.165) is 84.3 Å². The van der Waals surface area contributed by atoms with E-state index in [1.807, 2.05) is 0 Å². The third kappa shape index (κ3) is 12.9. The Bertz CT molecular complexity index is 581. The predicted octanol–water partition coefficient (Wildman–Crippen LogP) is 4.61. The Morgan fingerprint density at radius 3 is 2.58 bits per heavy atom.